The Morgan fingerprint density at radius 1 is 1.69 bits per heavy atom. The molecule has 0 aromatic carbocycles. The molecule has 1 amide bonds. The van der Waals surface area contributed by atoms with Gasteiger partial charge in [0.25, 0.3) is 0 Å². The van der Waals surface area contributed by atoms with E-state index in [0.29, 0.717) is 19.6 Å². The summed E-state index contributed by atoms with van der Waals surface area (Å²) in [4.78, 5) is 13.7. The molecule has 1 aliphatic heterocycles. The lowest BCUT2D eigenvalue weighted by atomic mass is 9.98. The number of piperidine rings is 1. The van der Waals surface area contributed by atoms with Gasteiger partial charge in [0.15, 0.2) is 0 Å². The summed E-state index contributed by atoms with van der Waals surface area (Å²) >= 11 is 0. The number of aliphatic hydroxyl groups is 1. The zero-order valence-corrected chi connectivity index (χ0v) is 9.89. The Morgan fingerprint density at radius 2 is 2.44 bits per heavy atom. The lowest BCUT2D eigenvalue weighted by molar-refractivity contribution is -0.135. The molecule has 0 aromatic rings. The molecule has 94 valence electrons. The van der Waals surface area contributed by atoms with E-state index in [1.54, 1.807) is 12.0 Å². The molecule has 0 bridgehead atoms. The number of carbonyl (C=O) groups is 1. The first kappa shape index (κ1) is 13.4. The van der Waals surface area contributed by atoms with Gasteiger partial charge in [0, 0.05) is 33.4 Å². The summed E-state index contributed by atoms with van der Waals surface area (Å²) < 4.78 is 4.90. The molecule has 5 heteroatoms. The zero-order chi connectivity index (χ0) is 12.0. The van der Waals surface area contributed by atoms with Crippen LogP contribution in [0.3, 0.4) is 0 Å². The predicted octanol–water partition coefficient (Wildman–Crippen LogP) is -0.419. The van der Waals surface area contributed by atoms with Crippen LogP contribution in [0.1, 0.15) is 19.3 Å². The van der Waals surface area contributed by atoms with Gasteiger partial charge in [0.05, 0.1) is 6.04 Å². The number of likely N-dealkylation sites (tertiary alicyclic amines) is 1. The van der Waals surface area contributed by atoms with Crippen LogP contribution < -0.4 is 5.73 Å². The number of rotatable bonds is 5. The van der Waals surface area contributed by atoms with E-state index in [4.69, 9.17) is 15.6 Å². The van der Waals surface area contributed by atoms with E-state index in [0.717, 1.165) is 19.4 Å². The normalized spacial score (nSPS) is 23.2. The maximum Gasteiger partial charge on any atom is 0.239 e. The third kappa shape index (κ3) is 3.73. The van der Waals surface area contributed by atoms with Crippen LogP contribution in [0.5, 0.6) is 0 Å². The van der Waals surface area contributed by atoms with Crippen LogP contribution in [0.15, 0.2) is 0 Å². The summed E-state index contributed by atoms with van der Waals surface area (Å²) in [7, 11) is 1.60. The van der Waals surface area contributed by atoms with Crippen molar-refractivity contribution in [1.29, 1.82) is 0 Å². The molecule has 0 saturated carbocycles. The van der Waals surface area contributed by atoms with E-state index in [1.807, 2.05) is 0 Å². The lowest BCUT2D eigenvalue weighted by Gasteiger charge is -2.33. The van der Waals surface area contributed by atoms with Gasteiger partial charge in [-0.25, -0.2) is 0 Å². The number of nitrogens with two attached hydrogens (primary N) is 1. The van der Waals surface area contributed by atoms with Gasteiger partial charge in [-0.1, -0.05) is 0 Å². The maximum absolute atomic E-state index is 11.9. The quantitative estimate of drug-likeness (QED) is 0.672. The highest BCUT2D eigenvalue weighted by Gasteiger charge is 2.26. The molecule has 1 aliphatic rings. The fourth-order valence-electron chi connectivity index (χ4n) is 2.02. The minimum absolute atomic E-state index is 0.0183. The van der Waals surface area contributed by atoms with Crippen LogP contribution in [-0.2, 0) is 9.53 Å². The topological polar surface area (TPSA) is 75.8 Å². The fraction of sp³-hybridized carbons (Fsp3) is 0.909. The molecule has 3 N–H and O–H groups in total. The summed E-state index contributed by atoms with van der Waals surface area (Å²) in [5.74, 6) is 0.197. The summed E-state index contributed by atoms with van der Waals surface area (Å²) in [5.41, 5.74) is 5.79. The van der Waals surface area contributed by atoms with Crippen molar-refractivity contribution in [2.75, 3.05) is 33.4 Å². The highest BCUT2D eigenvalue weighted by molar-refractivity contribution is 5.81. The number of aliphatic hydroxyl groups excluding tert-OH is 1. The van der Waals surface area contributed by atoms with E-state index >= 15 is 0 Å². The lowest BCUT2D eigenvalue weighted by Crippen LogP contribution is -2.48. The molecule has 5 nitrogen and oxygen atoms in total. The fourth-order valence-corrected chi connectivity index (χ4v) is 2.02. The molecule has 16 heavy (non-hydrogen) atoms. The van der Waals surface area contributed by atoms with Gasteiger partial charge in [-0.15, -0.1) is 0 Å². The van der Waals surface area contributed by atoms with Gasteiger partial charge >= 0.3 is 0 Å². The Morgan fingerprint density at radius 3 is 3.06 bits per heavy atom. The number of methoxy groups -OCH3 is 1. The van der Waals surface area contributed by atoms with Crippen molar-refractivity contribution in [3.05, 3.63) is 0 Å². The van der Waals surface area contributed by atoms with Crippen LogP contribution in [0.25, 0.3) is 0 Å². The maximum atomic E-state index is 11.9. The van der Waals surface area contributed by atoms with Gasteiger partial charge in [-0.2, -0.15) is 0 Å². The Labute approximate surface area is 96.6 Å². The molecule has 1 fully saturated rings. The highest BCUT2D eigenvalue weighted by atomic mass is 16.5. The van der Waals surface area contributed by atoms with Crippen LogP contribution in [0.2, 0.25) is 0 Å². The van der Waals surface area contributed by atoms with Gasteiger partial charge in [-0.3, -0.25) is 4.79 Å². The number of carbonyl (C=O) groups excluding carboxylic acids is 1. The third-order valence-electron chi connectivity index (χ3n) is 3.04. The van der Waals surface area contributed by atoms with E-state index < -0.39 is 6.04 Å². The molecular weight excluding hydrogens is 208 g/mol. The first-order valence-corrected chi connectivity index (χ1v) is 5.83. The predicted molar refractivity (Wildman–Crippen MR) is 60.9 cm³/mol. The van der Waals surface area contributed by atoms with Crippen LogP contribution in [0.4, 0.5) is 0 Å². The molecule has 0 radical (unpaired) electrons. The van der Waals surface area contributed by atoms with Gasteiger partial charge in [0.1, 0.15) is 0 Å². The average molecular weight is 230 g/mol. The Hall–Kier alpha value is -0.650. The second-order valence-electron chi connectivity index (χ2n) is 4.36. The summed E-state index contributed by atoms with van der Waals surface area (Å²) in [6.45, 7) is 2.05. The zero-order valence-electron chi connectivity index (χ0n) is 9.89. The summed E-state index contributed by atoms with van der Waals surface area (Å²) in [6, 6.07) is -0.475. The van der Waals surface area contributed by atoms with Crippen molar-refractivity contribution in [3.8, 4) is 0 Å². The van der Waals surface area contributed by atoms with Crippen LogP contribution in [0, 0.1) is 5.92 Å². The Bertz CT molecular complexity index is 223. The second kappa shape index (κ2) is 6.83. The molecule has 1 rings (SSSR count). The molecule has 2 unspecified atom stereocenters. The molecule has 0 aromatic heterocycles. The Balaban J connectivity index is 2.40. The molecule has 0 aliphatic carbocycles. The number of hydrogen-bond acceptors (Lipinski definition) is 4. The highest BCUT2D eigenvalue weighted by Crippen LogP contribution is 2.16. The van der Waals surface area contributed by atoms with E-state index in [2.05, 4.69) is 0 Å². The minimum Gasteiger partial charge on any atom is -0.396 e. The molecule has 2 atom stereocenters. The number of amides is 1. The standard InChI is InChI=1S/C11H22N2O3/c1-16-6-4-10(12)11(15)13-5-2-3-9(7-13)8-14/h9-10,14H,2-8,12H2,1H3. The van der Waals surface area contributed by atoms with E-state index in [1.165, 1.54) is 0 Å². The van der Waals surface area contributed by atoms with Gasteiger partial charge < -0.3 is 20.5 Å². The van der Waals surface area contributed by atoms with E-state index in [-0.39, 0.29) is 18.4 Å². The smallest absolute Gasteiger partial charge is 0.239 e. The first-order chi connectivity index (χ1) is 7.69. The van der Waals surface area contributed by atoms with Crippen LogP contribution in [-0.4, -0.2) is 55.4 Å². The second-order valence-corrected chi connectivity index (χ2v) is 4.36. The number of ether oxygens (including phenoxy) is 1. The SMILES string of the molecule is COCCC(N)C(=O)N1CCCC(CO)C1. The van der Waals surface area contributed by atoms with Crippen molar-refractivity contribution in [2.45, 2.75) is 25.3 Å². The van der Waals surface area contributed by atoms with Crippen LogP contribution >= 0.6 is 0 Å². The summed E-state index contributed by atoms with van der Waals surface area (Å²) in [5, 5.41) is 9.08. The largest absolute Gasteiger partial charge is 0.396 e. The number of nitrogens with zero attached hydrogens (tertiary/aromatic N) is 1. The average Bonchev–Trinajstić information content (AvgIpc) is 2.35. The molecule has 1 saturated heterocycles. The number of hydrogen-bond donors (Lipinski definition) is 2. The van der Waals surface area contributed by atoms with Crippen molar-refractivity contribution in [1.82, 2.24) is 4.90 Å². The van der Waals surface area contributed by atoms with E-state index in [9.17, 15) is 4.79 Å². The monoisotopic (exact) mass is 230 g/mol. The third-order valence-corrected chi connectivity index (χ3v) is 3.04. The summed E-state index contributed by atoms with van der Waals surface area (Å²) in [6.07, 6.45) is 2.50. The minimum atomic E-state index is -0.475. The van der Waals surface area contributed by atoms with Crippen molar-refractivity contribution < 1.29 is 14.6 Å². The first-order valence-electron chi connectivity index (χ1n) is 5.83. The molecule has 1 heterocycles. The van der Waals surface area contributed by atoms with Crippen molar-refractivity contribution in [3.63, 3.8) is 0 Å². The van der Waals surface area contributed by atoms with Crippen molar-refractivity contribution in [2.24, 2.45) is 11.7 Å². The van der Waals surface area contributed by atoms with Gasteiger partial charge in [0.2, 0.25) is 5.91 Å². The molecule has 0 spiro atoms. The Kier molecular flexibility index (Phi) is 5.73. The van der Waals surface area contributed by atoms with Crippen molar-refractivity contribution >= 4 is 5.91 Å². The molecular formula is C11H22N2O3. The van der Waals surface area contributed by atoms with Gasteiger partial charge in [-0.05, 0) is 25.2 Å².